The van der Waals surface area contributed by atoms with E-state index < -0.39 is 11.9 Å². The maximum atomic E-state index is 13.5. The highest BCUT2D eigenvalue weighted by Gasteiger charge is 2.41. The molecule has 2 atom stereocenters. The number of hydrogen-bond acceptors (Lipinski definition) is 8. The number of nitrogens with two attached hydrogens (primary N) is 1. The SMILES string of the molecule is Cn1nc(C(F)(F)F)c2c1CCN(c1ncnc(N3C[C@H](N)[C@@H](N4CCCCC4=O)C3)n1)C2. The summed E-state index contributed by atoms with van der Waals surface area (Å²) in [5.74, 6) is 0.852. The number of carbonyl (C=O) groups is 1. The molecule has 178 valence electrons. The van der Waals surface area contributed by atoms with Gasteiger partial charge < -0.3 is 20.4 Å². The minimum atomic E-state index is -4.52. The zero-order valence-corrected chi connectivity index (χ0v) is 18.3. The summed E-state index contributed by atoms with van der Waals surface area (Å²) in [4.78, 5) is 30.9. The molecule has 3 aliphatic heterocycles. The van der Waals surface area contributed by atoms with E-state index in [1.54, 1.807) is 4.90 Å². The van der Waals surface area contributed by atoms with Crippen LogP contribution in [0.3, 0.4) is 0 Å². The molecule has 2 aromatic rings. The lowest BCUT2D eigenvalue weighted by Gasteiger charge is -2.34. The van der Waals surface area contributed by atoms with Crippen molar-refractivity contribution in [3.8, 4) is 0 Å². The highest BCUT2D eigenvalue weighted by atomic mass is 19.4. The topological polar surface area (TPSA) is 109 Å². The van der Waals surface area contributed by atoms with Crippen LogP contribution >= 0.6 is 0 Å². The predicted molar refractivity (Wildman–Crippen MR) is 112 cm³/mol. The van der Waals surface area contributed by atoms with Gasteiger partial charge in [0.25, 0.3) is 0 Å². The number of halogens is 3. The molecule has 0 saturated carbocycles. The number of anilines is 2. The number of fused-ring (bicyclic) bond motifs is 1. The first-order valence-electron chi connectivity index (χ1n) is 11.1. The van der Waals surface area contributed by atoms with Crippen LogP contribution in [0.4, 0.5) is 25.1 Å². The summed E-state index contributed by atoms with van der Waals surface area (Å²) in [6.45, 7) is 2.20. The van der Waals surface area contributed by atoms with Crippen LogP contribution in [0.5, 0.6) is 0 Å². The zero-order chi connectivity index (χ0) is 23.3. The average molecular weight is 465 g/mol. The third-order valence-corrected chi connectivity index (χ3v) is 6.72. The highest BCUT2D eigenvalue weighted by Crippen LogP contribution is 2.35. The molecule has 0 aliphatic carbocycles. The number of piperidine rings is 1. The van der Waals surface area contributed by atoms with Crippen LogP contribution in [0.15, 0.2) is 6.33 Å². The van der Waals surface area contributed by atoms with E-state index in [2.05, 4.69) is 20.1 Å². The van der Waals surface area contributed by atoms with Gasteiger partial charge in [-0.3, -0.25) is 9.48 Å². The maximum absolute atomic E-state index is 13.5. The van der Waals surface area contributed by atoms with E-state index in [4.69, 9.17) is 5.73 Å². The molecular weight excluding hydrogens is 439 g/mol. The fourth-order valence-electron chi connectivity index (χ4n) is 5.06. The van der Waals surface area contributed by atoms with E-state index in [1.807, 2.05) is 9.80 Å². The van der Waals surface area contributed by atoms with Crippen LogP contribution in [0.1, 0.15) is 36.2 Å². The summed E-state index contributed by atoms with van der Waals surface area (Å²) in [6, 6.07) is -0.338. The molecule has 2 fully saturated rings. The van der Waals surface area contributed by atoms with E-state index in [1.165, 1.54) is 18.1 Å². The number of amides is 1. The van der Waals surface area contributed by atoms with Crippen LogP contribution in [0.25, 0.3) is 0 Å². The molecule has 2 saturated heterocycles. The number of aromatic nitrogens is 5. The predicted octanol–water partition coefficient (Wildman–Crippen LogP) is 0.715. The van der Waals surface area contributed by atoms with Crippen molar-refractivity contribution in [2.24, 2.45) is 12.8 Å². The van der Waals surface area contributed by atoms with Crippen LogP contribution in [-0.4, -0.2) is 73.8 Å². The standard InChI is InChI=1S/C20H26F3N9O/c1-29-14-5-7-30(8-12(14)17(28-29)20(21,22)23)18-25-11-26-19(27-18)31-9-13(24)15(10-31)32-6-3-2-4-16(32)33/h11,13,15H,2-10,24H2,1H3/t13-,15-/m0/s1. The Morgan fingerprint density at radius 1 is 1.06 bits per heavy atom. The second kappa shape index (κ2) is 8.12. The van der Waals surface area contributed by atoms with Gasteiger partial charge in [0.1, 0.15) is 6.33 Å². The molecule has 3 aliphatic rings. The Morgan fingerprint density at radius 3 is 2.55 bits per heavy atom. The van der Waals surface area contributed by atoms with Crippen molar-refractivity contribution in [1.29, 1.82) is 0 Å². The van der Waals surface area contributed by atoms with Crippen molar-refractivity contribution in [3.05, 3.63) is 23.3 Å². The van der Waals surface area contributed by atoms with Crippen molar-refractivity contribution in [2.45, 2.75) is 50.5 Å². The lowest BCUT2D eigenvalue weighted by Crippen LogP contribution is -2.51. The van der Waals surface area contributed by atoms with Gasteiger partial charge in [-0.2, -0.15) is 23.3 Å². The van der Waals surface area contributed by atoms with Crippen LogP contribution in [0, 0.1) is 0 Å². The van der Waals surface area contributed by atoms with Gasteiger partial charge in [-0.1, -0.05) is 0 Å². The van der Waals surface area contributed by atoms with Crippen molar-refractivity contribution in [2.75, 3.05) is 36.0 Å². The van der Waals surface area contributed by atoms with E-state index in [0.29, 0.717) is 56.6 Å². The number of carbonyl (C=O) groups excluding carboxylic acids is 1. The molecule has 0 radical (unpaired) electrons. The summed E-state index contributed by atoms with van der Waals surface area (Å²) >= 11 is 0. The Labute approximate surface area is 188 Å². The third kappa shape index (κ3) is 3.98. The minimum absolute atomic E-state index is 0.0197. The van der Waals surface area contributed by atoms with E-state index >= 15 is 0 Å². The van der Waals surface area contributed by atoms with Gasteiger partial charge in [0.15, 0.2) is 5.69 Å². The quantitative estimate of drug-likeness (QED) is 0.706. The van der Waals surface area contributed by atoms with Crippen molar-refractivity contribution >= 4 is 17.8 Å². The van der Waals surface area contributed by atoms with E-state index in [9.17, 15) is 18.0 Å². The number of likely N-dealkylation sites (tertiary alicyclic amines) is 1. The van der Waals surface area contributed by atoms with Crippen molar-refractivity contribution < 1.29 is 18.0 Å². The first-order chi connectivity index (χ1) is 15.7. The summed E-state index contributed by atoms with van der Waals surface area (Å²) in [7, 11) is 1.53. The molecule has 0 aromatic carbocycles. The zero-order valence-electron chi connectivity index (χ0n) is 18.3. The normalized spacial score (nSPS) is 23.9. The molecule has 2 aromatic heterocycles. The van der Waals surface area contributed by atoms with Gasteiger partial charge >= 0.3 is 6.18 Å². The number of aryl methyl sites for hydroxylation is 1. The van der Waals surface area contributed by atoms with Gasteiger partial charge in [0, 0.05) is 69.9 Å². The van der Waals surface area contributed by atoms with Crippen molar-refractivity contribution in [3.63, 3.8) is 0 Å². The second-order valence-electron chi connectivity index (χ2n) is 8.83. The lowest BCUT2D eigenvalue weighted by atomic mass is 10.1. The third-order valence-electron chi connectivity index (χ3n) is 6.72. The van der Waals surface area contributed by atoms with Gasteiger partial charge in [-0.15, -0.1) is 0 Å². The summed E-state index contributed by atoms with van der Waals surface area (Å²) < 4.78 is 41.7. The van der Waals surface area contributed by atoms with Crippen LogP contribution < -0.4 is 15.5 Å². The van der Waals surface area contributed by atoms with Crippen LogP contribution in [0.2, 0.25) is 0 Å². The Morgan fingerprint density at radius 2 is 1.82 bits per heavy atom. The first-order valence-corrected chi connectivity index (χ1v) is 11.1. The highest BCUT2D eigenvalue weighted by molar-refractivity contribution is 5.77. The molecule has 2 N–H and O–H groups in total. The van der Waals surface area contributed by atoms with Crippen molar-refractivity contribution in [1.82, 2.24) is 29.6 Å². The minimum Gasteiger partial charge on any atom is -0.337 e. The molecule has 0 unspecified atom stereocenters. The molecule has 5 heterocycles. The number of hydrogen-bond donors (Lipinski definition) is 1. The Balaban J connectivity index is 1.35. The molecule has 1 amide bonds. The molecule has 5 rings (SSSR count). The fraction of sp³-hybridized carbons (Fsp3) is 0.650. The second-order valence-corrected chi connectivity index (χ2v) is 8.83. The molecule has 10 nitrogen and oxygen atoms in total. The van der Waals surface area contributed by atoms with Gasteiger partial charge in [-0.25, -0.2) is 9.97 Å². The summed E-state index contributed by atoms with van der Waals surface area (Å²) in [5.41, 5.74) is 6.23. The molecule has 33 heavy (non-hydrogen) atoms. The molecule has 0 bridgehead atoms. The Hall–Kier alpha value is -2.96. The monoisotopic (exact) mass is 465 g/mol. The Kier molecular flexibility index (Phi) is 5.38. The van der Waals surface area contributed by atoms with E-state index in [0.717, 1.165) is 12.8 Å². The largest absolute Gasteiger partial charge is 0.435 e. The van der Waals surface area contributed by atoms with E-state index in [-0.39, 0.29) is 30.1 Å². The molecule has 0 spiro atoms. The lowest BCUT2D eigenvalue weighted by molar-refractivity contribution is -0.142. The fourth-order valence-corrected chi connectivity index (χ4v) is 5.06. The van der Waals surface area contributed by atoms with Gasteiger partial charge in [-0.05, 0) is 12.8 Å². The molecule has 13 heteroatoms. The van der Waals surface area contributed by atoms with Gasteiger partial charge in [0.2, 0.25) is 17.8 Å². The smallest absolute Gasteiger partial charge is 0.337 e. The molecular formula is C20H26F3N9O. The summed E-state index contributed by atoms with van der Waals surface area (Å²) in [5, 5.41) is 3.70. The number of nitrogens with zero attached hydrogens (tertiary/aromatic N) is 8. The Bertz CT molecular complexity index is 1060. The first kappa shape index (κ1) is 21.9. The summed E-state index contributed by atoms with van der Waals surface area (Å²) in [6.07, 6.45) is -0.330. The van der Waals surface area contributed by atoms with Crippen LogP contribution in [-0.2, 0) is 31.0 Å². The average Bonchev–Trinajstić information content (AvgIpc) is 3.34. The number of rotatable bonds is 3. The number of alkyl halides is 3. The van der Waals surface area contributed by atoms with Gasteiger partial charge in [0.05, 0.1) is 6.04 Å². The maximum Gasteiger partial charge on any atom is 0.435 e.